The van der Waals surface area contributed by atoms with Crippen LogP contribution in [0.5, 0.6) is 0 Å². The van der Waals surface area contributed by atoms with Gasteiger partial charge in [0.15, 0.2) is 0 Å². The van der Waals surface area contributed by atoms with Crippen LogP contribution in [0, 0.1) is 0 Å². The lowest BCUT2D eigenvalue weighted by Gasteiger charge is -2.16. The number of aliphatic hydroxyl groups excluding tert-OH is 1. The van der Waals surface area contributed by atoms with E-state index in [2.05, 4.69) is 5.32 Å². The molecule has 1 rings (SSSR count). The van der Waals surface area contributed by atoms with Gasteiger partial charge >= 0.3 is 0 Å². The fourth-order valence-corrected chi connectivity index (χ4v) is 2.46. The van der Waals surface area contributed by atoms with E-state index in [1.165, 1.54) is 5.56 Å². The lowest BCUT2D eigenvalue weighted by Crippen LogP contribution is -2.39. The summed E-state index contributed by atoms with van der Waals surface area (Å²) in [5.41, 5.74) is 1.21. The van der Waals surface area contributed by atoms with Gasteiger partial charge in [0.1, 0.15) is 0 Å². The van der Waals surface area contributed by atoms with E-state index in [1.807, 2.05) is 30.3 Å². The Morgan fingerprint density at radius 3 is 2.79 bits per heavy atom. The van der Waals surface area contributed by atoms with Gasteiger partial charge in [-0.1, -0.05) is 30.3 Å². The highest BCUT2D eigenvalue weighted by Gasteiger charge is 2.11. The number of methoxy groups -OCH3 is 1. The zero-order chi connectivity index (χ0) is 13.9. The molecule has 5 heteroatoms. The third-order valence-electron chi connectivity index (χ3n) is 2.56. The van der Waals surface area contributed by atoms with E-state index in [0.29, 0.717) is 18.8 Å². The average Bonchev–Trinajstić information content (AvgIpc) is 2.40. The molecule has 0 heterocycles. The Morgan fingerprint density at radius 2 is 2.16 bits per heavy atom. The summed E-state index contributed by atoms with van der Waals surface area (Å²) in [6.07, 6.45) is 0.517. The van der Waals surface area contributed by atoms with Crippen molar-refractivity contribution < 1.29 is 14.6 Å². The summed E-state index contributed by atoms with van der Waals surface area (Å²) >= 11 is 1.58. The van der Waals surface area contributed by atoms with Crippen molar-refractivity contribution in [3.05, 3.63) is 35.9 Å². The molecule has 1 atom stereocenters. The summed E-state index contributed by atoms with van der Waals surface area (Å²) in [6.45, 7) is 0.473. The Labute approximate surface area is 118 Å². The van der Waals surface area contributed by atoms with Crippen molar-refractivity contribution in [2.24, 2.45) is 0 Å². The molecule has 0 saturated carbocycles. The molecule has 0 radical (unpaired) electrons. The first-order chi connectivity index (χ1) is 9.26. The van der Waals surface area contributed by atoms with Crippen molar-refractivity contribution in [2.45, 2.75) is 18.2 Å². The van der Waals surface area contributed by atoms with Gasteiger partial charge in [-0.2, -0.15) is 0 Å². The molecule has 2 N–H and O–H groups in total. The van der Waals surface area contributed by atoms with Crippen molar-refractivity contribution >= 4 is 17.7 Å². The van der Waals surface area contributed by atoms with Gasteiger partial charge in [0.2, 0.25) is 5.91 Å². The van der Waals surface area contributed by atoms with Crippen LogP contribution in [0.25, 0.3) is 0 Å². The summed E-state index contributed by atoms with van der Waals surface area (Å²) in [5, 5.41) is 11.7. The molecule has 0 saturated heterocycles. The summed E-state index contributed by atoms with van der Waals surface area (Å²) in [4.78, 5) is 11.7. The molecular formula is C14H21NO3S. The third-order valence-corrected chi connectivity index (χ3v) is 3.56. The van der Waals surface area contributed by atoms with Crippen LogP contribution < -0.4 is 5.32 Å². The molecule has 0 spiro atoms. The number of thioether (sulfide) groups is 1. The first-order valence-electron chi connectivity index (χ1n) is 6.27. The molecule has 1 aromatic carbocycles. The lowest BCUT2D eigenvalue weighted by atomic mass is 10.2. The van der Waals surface area contributed by atoms with Gasteiger partial charge in [0, 0.05) is 19.5 Å². The molecule has 0 aliphatic rings. The Balaban J connectivity index is 2.23. The van der Waals surface area contributed by atoms with Gasteiger partial charge in [-0.05, 0) is 12.0 Å². The van der Waals surface area contributed by atoms with Gasteiger partial charge in [-0.3, -0.25) is 4.79 Å². The number of carbonyl (C=O) groups excluding carboxylic acids is 1. The van der Waals surface area contributed by atoms with Crippen LogP contribution in [0.1, 0.15) is 12.0 Å². The highest BCUT2D eigenvalue weighted by atomic mass is 32.2. The van der Waals surface area contributed by atoms with E-state index in [0.717, 1.165) is 5.75 Å². The second-order valence-electron chi connectivity index (χ2n) is 4.21. The van der Waals surface area contributed by atoms with E-state index < -0.39 is 0 Å². The number of hydrogen-bond acceptors (Lipinski definition) is 4. The molecule has 0 aromatic heterocycles. The van der Waals surface area contributed by atoms with Crippen molar-refractivity contribution in [2.75, 3.05) is 26.1 Å². The van der Waals surface area contributed by atoms with Crippen molar-refractivity contribution in [1.29, 1.82) is 0 Å². The molecule has 0 bridgehead atoms. The summed E-state index contributed by atoms with van der Waals surface area (Å²) < 4.78 is 5.00. The predicted octanol–water partition coefficient (Wildman–Crippen LogP) is 1.43. The summed E-state index contributed by atoms with van der Waals surface area (Å²) in [5.74, 6) is 1.22. The number of benzene rings is 1. The maximum atomic E-state index is 11.7. The Kier molecular flexibility index (Phi) is 8.29. The molecule has 1 aromatic rings. The molecule has 0 aliphatic heterocycles. The molecule has 0 aliphatic carbocycles. The van der Waals surface area contributed by atoms with Gasteiger partial charge < -0.3 is 15.2 Å². The van der Waals surface area contributed by atoms with E-state index in [1.54, 1.807) is 18.9 Å². The van der Waals surface area contributed by atoms with Crippen LogP contribution in [0.15, 0.2) is 30.3 Å². The molecular weight excluding hydrogens is 262 g/mol. The van der Waals surface area contributed by atoms with E-state index >= 15 is 0 Å². The van der Waals surface area contributed by atoms with E-state index in [9.17, 15) is 4.79 Å². The summed E-state index contributed by atoms with van der Waals surface area (Å²) in [7, 11) is 1.58. The number of hydrogen-bond donors (Lipinski definition) is 2. The lowest BCUT2D eigenvalue weighted by molar-refractivity contribution is -0.119. The van der Waals surface area contributed by atoms with Gasteiger partial charge in [-0.15, -0.1) is 11.8 Å². The standard InChI is InChI=1S/C14H21NO3S/c1-18-9-13(7-8-16)15-14(17)11-19-10-12-5-3-2-4-6-12/h2-6,13,16H,7-11H2,1H3,(H,15,17). The zero-order valence-electron chi connectivity index (χ0n) is 11.2. The molecule has 106 valence electrons. The average molecular weight is 283 g/mol. The molecule has 1 unspecified atom stereocenters. The van der Waals surface area contributed by atoms with Crippen molar-refractivity contribution in [1.82, 2.24) is 5.32 Å². The SMILES string of the molecule is COCC(CCO)NC(=O)CSCc1ccccc1. The first kappa shape index (κ1) is 16.0. The molecule has 0 fully saturated rings. The number of rotatable bonds is 9. The van der Waals surface area contributed by atoms with Crippen molar-refractivity contribution in [3.63, 3.8) is 0 Å². The number of nitrogens with one attached hydrogen (secondary N) is 1. The Hall–Kier alpha value is -1.04. The van der Waals surface area contributed by atoms with Crippen LogP contribution in [-0.4, -0.2) is 43.1 Å². The first-order valence-corrected chi connectivity index (χ1v) is 7.42. The molecule has 4 nitrogen and oxygen atoms in total. The number of aliphatic hydroxyl groups is 1. The third kappa shape index (κ3) is 7.20. The smallest absolute Gasteiger partial charge is 0.230 e. The van der Waals surface area contributed by atoms with Gasteiger partial charge in [-0.25, -0.2) is 0 Å². The second kappa shape index (κ2) is 9.83. The highest BCUT2D eigenvalue weighted by molar-refractivity contribution is 7.99. The monoisotopic (exact) mass is 283 g/mol. The predicted molar refractivity (Wildman–Crippen MR) is 78.1 cm³/mol. The maximum absolute atomic E-state index is 11.7. The van der Waals surface area contributed by atoms with E-state index in [-0.39, 0.29) is 18.6 Å². The second-order valence-corrected chi connectivity index (χ2v) is 5.20. The van der Waals surface area contributed by atoms with Crippen LogP contribution in [-0.2, 0) is 15.3 Å². The minimum Gasteiger partial charge on any atom is -0.396 e. The van der Waals surface area contributed by atoms with Crippen LogP contribution in [0.3, 0.4) is 0 Å². The Morgan fingerprint density at radius 1 is 1.42 bits per heavy atom. The number of amides is 1. The fraction of sp³-hybridized carbons (Fsp3) is 0.500. The normalized spacial score (nSPS) is 12.1. The van der Waals surface area contributed by atoms with Crippen molar-refractivity contribution in [3.8, 4) is 0 Å². The van der Waals surface area contributed by atoms with E-state index in [4.69, 9.17) is 9.84 Å². The largest absolute Gasteiger partial charge is 0.396 e. The topological polar surface area (TPSA) is 58.6 Å². The minimum absolute atomic E-state index is 0.0172. The fourth-order valence-electron chi connectivity index (χ4n) is 1.66. The maximum Gasteiger partial charge on any atom is 0.230 e. The highest BCUT2D eigenvalue weighted by Crippen LogP contribution is 2.11. The molecule has 19 heavy (non-hydrogen) atoms. The zero-order valence-corrected chi connectivity index (χ0v) is 12.0. The van der Waals surface area contributed by atoms with Crippen LogP contribution >= 0.6 is 11.8 Å². The number of ether oxygens (including phenoxy) is 1. The summed E-state index contributed by atoms with van der Waals surface area (Å²) in [6, 6.07) is 9.94. The van der Waals surface area contributed by atoms with Crippen LogP contribution in [0.2, 0.25) is 0 Å². The number of carbonyl (C=O) groups is 1. The van der Waals surface area contributed by atoms with Gasteiger partial charge in [0.25, 0.3) is 0 Å². The quantitative estimate of drug-likeness (QED) is 0.720. The molecule has 1 amide bonds. The Bertz CT molecular complexity index is 353. The van der Waals surface area contributed by atoms with Crippen LogP contribution in [0.4, 0.5) is 0 Å². The van der Waals surface area contributed by atoms with Gasteiger partial charge in [0.05, 0.1) is 18.4 Å². The minimum atomic E-state index is -0.111.